The summed E-state index contributed by atoms with van der Waals surface area (Å²) in [5.41, 5.74) is 1.92. The van der Waals surface area contributed by atoms with Crippen LogP contribution in [0.25, 0.3) is 5.70 Å². The van der Waals surface area contributed by atoms with Crippen molar-refractivity contribution < 1.29 is 5.11 Å². The van der Waals surface area contributed by atoms with Gasteiger partial charge in [0.15, 0.2) is 0 Å². The molecule has 0 saturated heterocycles. The molecule has 1 aromatic heterocycles. The zero-order valence-electron chi connectivity index (χ0n) is 19.7. The highest BCUT2D eigenvalue weighted by molar-refractivity contribution is 5.82. The Labute approximate surface area is 192 Å². The monoisotopic (exact) mass is 440 g/mol. The van der Waals surface area contributed by atoms with Gasteiger partial charge >= 0.3 is 0 Å². The Morgan fingerprint density at radius 2 is 1.94 bits per heavy atom. The molecule has 2 aliphatic carbocycles. The van der Waals surface area contributed by atoms with Crippen LogP contribution in [0.15, 0.2) is 17.3 Å². The maximum absolute atomic E-state index is 9.87. The summed E-state index contributed by atoms with van der Waals surface area (Å²) in [4.78, 5) is 14.3. The smallest absolute Gasteiger partial charge is 0.224 e. The largest absolute Gasteiger partial charge is 0.393 e. The minimum absolute atomic E-state index is 0.166. The fourth-order valence-corrected chi connectivity index (χ4v) is 4.56. The van der Waals surface area contributed by atoms with Gasteiger partial charge in [0.25, 0.3) is 0 Å². The molecule has 2 atom stereocenters. The number of aromatic nitrogens is 2. The maximum atomic E-state index is 9.87. The Bertz CT molecular complexity index is 798. The standard InChI is InChI=1S/C25H40N6O/c1-3-4-17(2)29-25-28-16-22(24(31-25)30-20-8-10-21(32)11-9-20)23-12-7-19(15-27-23)14-26-13-18-5-6-18/h12,15-21,26,32H,3-11,13-14H2,1-2H3,(H2,28,29,30,31)/t17-,19?,20?,21?/m0/s1. The van der Waals surface area contributed by atoms with E-state index in [4.69, 9.17) is 9.98 Å². The molecule has 2 saturated carbocycles. The van der Waals surface area contributed by atoms with Crippen molar-refractivity contribution in [3.63, 3.8) is 0 Å². The molecule has 1 aliphatic heterocycles. The van der Waals surface area contributed by atoms with E-state index < -0.39 is 0 Å². The first-order chi connectivity index (χ1) is 15.6. The van der Waals surface area contributed by atoms with E-state index in [1.807, 2.05) is 6.20 Å². The minimum Gasteiger partial charge on any atom is -0.393 e. The van der Waals surface area contributed by atoms with Crippen molar-refractivity contribution in [1.82, 2.24) is 15.3 Å². The summed E-state index contributed by atoms with van der Waals surface area (Å²) in [6, 6.07) is 0.653. The summed E-state index contributed by atoms with van der Waals surface area (Å²) in [5, 5.41) is 20.5. The van der Waals surface area contributed by atoms with Gasteiger partial charge in [-0.05, 0) is 70.8 Å². The van der Waals surface area contributed by atoms with Gasteiger partial charge in [-0.2, -0.15) is 4.98 Å². The van der Waals surface area contributed by atoms with Crippen LogP contribution in [0.1, 0.15) is 77.2 Å². The first kappa shape index (κ1) is 23.2. The fraction of sp³-hybridized carbons (Fsp3) is 0.720. The molecule has 4 N–H and O–H groups in total. The molecular weight excluding hydrogens is 400 g/mol. The number of nitrogens with one attached hydrogen (secondary N) is 3. The molecular formula is C25H40N6O. The van der Waals surface area contributed by atoms with E-state index in [0.717, 1.165) is 81.0 Å². The number of aliphatic hydroxyl groups is 1. The Kier molecular flexibility index (Phi) is 8.14. The normalized spacial score (nSPS) is 26.5. The zero-order valence-corrected chi connectivity index (χ0v) is 19.7. The molecule has 4 rings (SSSR count). The van der Waals surface area contributed by atoms with Crippen molar-refractivity contribution in [2.45, 2.75) is 89.8 Å². The quantitative estimate of drug-likeness (QED) is 0.411. The van der Waals surface area contributed by atoms with Gasteiger partial charge in [0.05, 0.1) is 17.4 Å². The molecule has 1 unspecified atom stereocenters. The molecule has 3 aliphatic rings. The van der Waals surface area contributed by atoms with Crippen LogP contribution in [-0.4, -0.2) is 52.6 Å². The molecule has 2 heterocycles. The SMILES string of the molecule is CCC[C@H](C)Nc1ncc(C2=CCC(CNCC3CC3)C=N2)c(NC2CCC(O)CC2)n1. The molecule has 7 nitrogen and oxygen atoms in total. The first-order valence-electron chi connectivity index (χ1n) is 12.6. The van der Waals surface area contributed by atoms with Gasteiger partial charge in [0.2, 0.25) is 5.95 Å². The lowest BCUT2D eigenvalue weighted by Gasteiger charge is -2.28. The fourth-order valence-electron chi connectivity index (χ4n) is 4.56. The number of aliphatic imine (C=N–C) groups is 1. The van der Waals surface area contributed by atoms with Crippen molar-refractivity contribution in [2.75, 3.05) is 23.7 Å². The van der Waals surface area contributed by atoms with Gasteiger partial charge in [-0.15, -0.1) is 0 Å². The second kappa shape index (κ2) is 11.2. The third kappa shape index (κ3) is 6.75. The highest BCUT2D eigenvalue weighted by Crippen LogP contribution is 2.31. The van der Waals surface area contributed by atoms with Crippen molar-refractivity contribution in [3.8, 4) is 0 Å². The van der Waals surface area contributed by atoms with Crippen LogP contribution in [0, 0.1) is 11.8 Å². The lowest BCUT2D eigenvalue weighted by atomic mass is 9.93. The first-order valence-corrected chi connectivity index (χ1v) is 12.6. The van der Waals surface area contributed by atoms with Crippen molar-refractivity contribution in [1.29, 1.82) is 0 Å². The second-order valence-electron chi connectivity index (χ2n) is 9.90. The second-order valence-corrected chi connectivity index (χ2v) is 9.90. The molecule has 0 spiro atoms. The van der Waals surface area contributed by atoms with Crippen LogP contribution in [0.4, 0.5) is 11.8 Å². The van der Waals surface area contributed by atoms with E-state index in [-0.39, 0.29) is 6.10 Å². The average Bonchev–Trinajstić information content (AvgIpc) is 3.61. The van der Waals surface area contributed by atoms with Crippen molar-refractivity contribution in [3.05, 3.63) is 17.8 Å². The molecule has 2 fully saturated rings. The summed E-state index contributed by atoms with van der Waals surface area (Å²) in [5.74, 6) is 2.86. The predicted molar refractivity (Wildman–Crippen MR) is 132 cm³/mol. The number of hydrogen-bond acceptors (Lipinski definition) is 7. The van der Waals surface area contributed by atoms with Gasteiger partial charge < -0.3 is 21.1 Å². The van der Waals surface area contributed by atoms with E-state index in [1.54, 1.807) is 0 Å². The molecule has 176 valence electrons. The lowest BCUT2D eigenvalue weighted by molar-refractivity contribution is 0.126. The minimum atomic E-state index is -0.166. The number of nitrogens with zero attached hydrogens (tertiary/aromatic N) is 3. The molecule has 1 aromatic rings. The lowest BCUT2D eigenvalue weighted by Crippen LogP contribution is -2.29. The van der Waals surface area contributed by atoms with Gasteiger partial charge in [-0.25, -0.2) is 4.98 Å². The third-order valence-corrected chi connectivity index (χ3v) is 6.77. The van der Waals surface area contributed by atoms with E-state index in [2.05, 4.69) is 47.1 Å². The van der Waals surface area contributed by atoms with Crippen LogP contribution in [-0.2, 0) is 0 Å². The number of allylic oxidation sites excluding steroid dienone is 1. The highest BCUT2D eigenvalue weighted by atomic mass is 16.3. The van der Waals surface area contributed by atoms with Gasteiger partial charge in [0, 0.05) is 37.0 Å². The molecule has 0 bridgehead atoms. The van der Waals surface area contributed by atoms with Crippen LogP contribution in [0.2, 0.25) is 0 Å². The molecule has 0 amide bonds. The van der Waals surface area contributed by atoms with E-state index in [9.17, 15) is 5.11 Å². The van der Waals surface area contributed by atoms with E-state index in [0.29, 0.717) is 23.9 Å². The Morgan fingerprint density at radius 1 is 1.12 bits per heavy atom. The number of aliphatic hydroxyl groups excluding tert-OH is 1. The Balaban J connectivity index is 1.44. The Morgan fingerprint density at radius 3 is 2.62 bits per heavy atom. The van der Waals surface area contributed by atoms with Gasteiger partial charge in [0.1, 0.15) is 5.82 Å². The van der Waals surface area contributed by atoms with Gasteiger partial charge in [-0.1, -0.05) is 19.4 Å². The summed E-state index contributed by atoms with van der Waals surface area (Å²) in [6.45, 7) is 6.49. The molecule has 0 aromatic carbocycles. The summed E-state index contributed by atoms with van der Waals surface area (Å²) >= 11 is 0. The highest BCUT2D eigenvalue weighted by Gasteiger charge is 2.23. The number of rotatable bonds is 11. The number of hydrogen-bond donors (Lipinski definition) is 4. The predicted octanol–water partition coefficient (Wildman–Crippen LogP) is 4.22. The molecule has 32 heavy (non-hydrogen) atoms. The topological polar surface area (TPSA) is 94.5 Å². The summed E-state index contributed by atoms with van der Waals surface area (Å²) in [7, 11) is 0. The number of anilines is 2. The van der Waals surface area contributed by atoms with Crippen LogP contribution < -0.4 is 16.0 Å². The van der Waals surface area contributed by atoms with E-state index >= 15 is 0 Å². The van der Waals surface area contributed by atoms with Crippen LogP contribution >= 0.6 is 0 Å². The molecule has 7 heteroatoms. The third-order valence-electron chi connectivity index (χ3n) is 6.77. The van der Waals surface area contributed by atoms with Gasteiger partial charge in [-0.3, -0.25) is 4.99 Å². The molecule has 0 radical (unpaired) electrons. The van der Waals surface area contributed by atoms with E-state index in [1.165, 1.54) is 12.8 Å². The Hall–Kier alpha value is -1.99. The van der Waals surface area contributed by atoms with Crippen molar-refractivity contribution >= 4 is 23.7 Å². The average molecular weight is 441 g/mol. The van der Waals surface area contributed by atoms with Crippen LogP contribution in [0.3, 0.4) is 0 Å². The maximum Gasteiger partial charge on any atom is 0.224 e. The summed E-state index contributed by atoms with van der Waals surface area (Å²) < 4.78 is 0. The summed E-state index contributed by atoms with van der Waals surface area (Å²) in [6.07, 6.45) is 15.6. The zero-order chi connectivity index (χ0) is 22.3. The van der Waals surface area contributed by atoms with Crippen molar-refractivity contribution in [2.24, 2.45) is 16.8 Å². The van der Waals surface area contributed by atoms with Crippen LogP contribution in [0.5, 0.6) is 0 Å².